The normalized spacial score (nSPS) is 32.7. The first-order valence-corrected chi connectivity index (χ1v) is 8.39. The molecule has 1 N–H and O–H groups in total. The lowest BCUT2D eigenvalue weighted by Gasteiger charge is -2.17. The van der Waals surface area contributed by atoms with Crippen LogP contribution in [0.1, 0.15) is 35.0 Å². The summed E-state index contributed by atoms with van der Waals surface area (Å²) in [6.45, 7) is 2.01. The number of ether oxygens (including phenoxy) is 1. The van der Waals surface area contributed by atoms with Crippen LogP contribution < -0.4 is 5.43 Å². The minimum atomic E-state index is -0.416. The highest BCUT2D eigenvalue weighted by Crippen LogP contribution is 2.48. The number of hydrogen-bond donors (Lipinski definition) is 1. The zero-order valence-electron chi connectivity index (χ0n) is 12.1. The Morgan fingerprint density at radius 2 is 1.95 bits per heavy atom. The molecule has 3 amide bonds. The molecule has 0 radical (unpaired) electrons. The van der Waals surface area contributed by atoms with Crippen LogP contribution in [0, 0.1) is 11.8 Å². The Kier molecular flexibility index (Phi) is 3.09. The smallest absolute Gasteiger partial charge is 0.271 e. The van der Waals surface area contributed by atoms with Gasteiger partial charge in [-0.15, -0.1) is 11.3 Å². The van der Waals surface area contributed by atoms with Gasteiger partial charge < -0.3 is 4.74 Å². The third-order valence-electron chi connectivity index (χ3n) is 4.76. The topological polar surface area (TPSA) is 75.7 Å². The molecule has 6 nitrogen and oxygen atoms in total. The van der Waals surface area contributed by atoms with E-state index in [1.807, 2.05) is 6.92 Å². The maximum absolute atomic E-state index is 12.4. The summed E-state index contributed by atoms with van der Waals surface area (Å²) in [7, 11) is 0. The number of hydrazine groups is 1. The quantitative estimate of drug-likeness (QED) is 0.847. The van der Waals surface area contributed by atoms with E-state index >= 15 is 0 Å². The number of thiophene rings is 1. The lowest BCUT2D eigenvalue weighted by molar-refractivity contribution is -0.145. The van der Waals surface area contributed by atoms with E-state index in [2.05, 4.69) is 5.43 Å². The van der Waals surface area contributed by atoms with Crippen molar-refractivity contribution in [3.05, 3.63) is 21.9 Å². The summed E-state index contributed by atoms with van der Waals surface area (Å²) in [5, 5.41) is 2.65. The van der Waals surface area contributed by atoms with Crippen LogP contribution in [0.3, 0.4) is 0 Å². The van der Waals surface area contributed by atoms with Crippen LogP contribution in [0.25, 0.3) is 0 Å². The fourth-order valence-electron chi connectivity index (χ4n) is 3.67. The Hall–Kier alpha value is -1.73. The average molecular weight is 320 g/mol. The third kappa shape index (κ3) is 1.85. The van der Waals surface area contributed by atoms with Gasteiger partial charge in [0.05, 0.1) is 29.6 Å². The highest BCUT2D eigenvalue weighted by molar-refractivity contribution is 7.10. The molecule has 0 spiro atoms. The van der Waals surface area contributed by atoms with Gasteiger partial charge in [0, 0.05) is 10.3 Å². The van der Waals surface area contributed by atoms with Gasteiger partial charge in [-0.2, -0.15) is 5.01 Å². The van der Waals surface area contributed by atoms with Crippen LogP contribution in [0.4, 0.5) is 0 Å². The molecule has 22 heavy (non-hydrogen) atoms. The molecule has 0 aromatic carbocycles. The summed E-state index contributed by atoms with van der Waals surface area (Å²) >= 11 is 1.50. The Labute approximate surface area is 131 Å². The van der Waals surface area contributed by atoms with Crippen molar-refractivity contribution < 1.29 is 19.1 Å². The SMILES string of the molecule is CCc1cc(C(=O)NN2C(=O)C3C4CCC(O4)C3C2=O)cs1. The standard InChI is InChI=1S/C15H16N2O4S/c1-2-8-5-7(6-22-8)13(18)16-17-14(19)11-9-3-4-10(21-9)12(11)15(17)20/h5-6,9-12H,2-4H2,1H3,(H,16,18). The lowest BCUT2D eigenvalue weighted by atomic mass is 9.81. The molecule has 7 heteroatoms. The summed E-state index contributed by atoms with van der Waals surface area (Å²) in [5.74, 6) is -1.91. The maximum atomic E-state index is 12.4. The molecule has 4 heterocycles. The van der Waals surface area contributed by atoms with Crippen LogP contribution in [-0.4, -0.2) is 34.9 Å². The van der Waals surface area contributed by atoms with Gasteiger partial charge in [0.15, 0.2) is 0 Å². The zero-order chi connectivity index (χ0) is 15.4. The minimum Gasteiger partial charge on any atom is -0.373 e. The van der Waals surface area contributed by atoms with E-state index in [1.165, 1.54) is 11.3 Å². The summed E-state index contributed by atoms with van der Waals surface area (Å²) in [4.78, 5) is 38.2. The molecule has 3 aliphatic heterocycles. The summed E-state index contributed by atoms with van der Waals surface area (Å²) in [5.41, 5.74) is 2.96. The molecular formula is C15H16N2O4S. The average Bonchev–Trinajstić information content (AvgIpc) is 3.26. The van der Waals surface area contributed by atoms with Crippen molar-refractivity contribution in [3.8, 4) is 0 Å². The van der Waals surface area contributed by atoms with Crippen molar-refractivity contribution in [2.45, 2.75) is 38.4 Å². The number of carbonyl (C=O) groups is 3. The molecule has 2 bridgehead atoms. The Morgan fingerprint density at radius 1 is 1.32 bits per heavy atom. The van der Waals surface area contributed by atoms with E-state index < -0.39 is 17.7 Å². The van der Waals surface area contributed by atoms with Crippen molar-refractivity contribution in [3.63, 3.8) is 0 Å². The van der Waals surface area contributed by atoms with Gasteiger partial charge in [-0.3, -0.25) is 19.8 Å². The number of rotatable bonds is 3. The highest BCUT2D eigenvalue weighted by Gasteiger charge is 2.62. The van der Waals surface area contributed by atoms with Crippen molar-refractivity contribution in [2.24, 2.45) is 11.8 Å². The fraction of sp³-hybridized carbons (Fsp3) is 0.533. The lowest BCUT2D eigenvalue weighted by Crippen LogP contribution is -2.47. The molecule has 0 saturated carbocycles. The molecule has 3 fully saturated rings. The second-order valence-electron chi connectivity index (χ2n) is 5.95. The summed E-state index contributed by atoms with van der Waals surface area (Å²) in [6.07, 6.45) is 2.15. The number of imide groups is 1. The van der Waals surface area contributed by atoms with Gasteiger partial charge in [0.25, 0.3) is 17.7 Å². The number of aryl methyl sites for hydroxylation is 1. The largest absolute Gasteiger partial charge is 0.373 e. The van der Waals surface area contributed by atoms with Crippen molar-refractivity contribution in [1.29, 1.82) is 0 Å². The molecule has 0 aliphatic carbocycles. The number of nitrogens with zero attached hydrogens (tertiary/aromatic N) is 1. The first-order valence-electron chi connectivity index (χ1n) is 7.51. The molecule has 3 saturated heterocycles. The molecular weight excluding hydrogens is 304 g/mol. The molecule has 1 aromatic heterocycles. The maximum Gasteiger partial charge on any atom is 0.271 e. The monoisotopic (exact) mass is 320 g/mol. The molecule has 4 atom stereocenters. The van der Waals surface area contributed by atoms with Crippen molar-refractivity contribution in [2.75, 3.05) is 0 Å². The van der Waals surface area contributed by atoms with Crippen LogP contribution in [0.2, 0.25) is 0 Å². The van der Waals surface area contributed by atoms with Gasteiger partial charge in [-0.1, -0.05) is 6.92 Å². The van der Waals surface area contributed by atoms with Gasteiger partial charge in [0.2, 0.25) is 0 Å². The third-order valence-corrected chi connectivity index (χ3v) is 5.84. The molecule has 4 rings (SSSR count). The van der Waals surface area contributed by atoms with E-state index in [9.17, 15) is 14.4 Å². The van der Waals surface area contributed by atoms with Gasteiger partial charge in [-0.25, -0.2) is 0 Å². The predicted molar refractivity (Wildman–Crippen MR) is 77.9 cm³/mol. The Bertz CT molecular complexity index is 642. The Morgan fingerprint density at radius 3 is 2.50 bits per heavy atom. The predicted octanol–water partition coefficient (Wildman–Crippen LogP) is 1.12. The number of carbonyl (C=O) groups excluding carboxylic acids is 3. The molecule has 4 unspecified atom stereocenters. The molecule has 3 aliphatic rings. The zero-order valence-corrected chi connectivity index (χ0v) is 12.9. The van der Waals surface area contributed by atoms with Crippen LogP contribution in [0.5, 0.6) is 0 Å². The second kappa shape index (κ2) is 4.89. The first-order chi connectivity index (χ1) is 10.6. The number of nitrogens with one attached hydrogen (secondary N) is 1. The van der Waals surface area contributed by atoms with Gasteiger partial charge in [0.1, 0.15) is 0 Å². The van der Waals surface area contributed by atoms with E-state index in [0.717, 1.165) is 29.1 Å². The van der Waals surface area contributed by atoms with Crippen molar-refractivity contribution >= 4 is 29.1 Å². The van der Waals surface area contributed by atoms with Crippen molar-refractivity contribution in [1.82, 2.24) is 10.4 Å². The highest BCUT2D eigenvalue weighted by atomic mass is 32.1. The number of amides is 3. The van der Waals surface area contributed by atoms with Gasteiger partial charge in [-0.05, 0) is 25.3 Å². The first kappa shape index (κ1) is 13.9. The van der Waals surface area contributed by atoms with Crippen LogP contribution in [0.15, 0.2) is 11.4 Å². The number of fused-ring (bicyclic) bond motifs is 5. The van der Waals surface area contributed by atoms with Crippen LogP contribution >= 0.6 is 11.3 Å². The molecule has 1 aromatic rings. The van der Waals surface area contributed by atoms with E-state index in [-0.39, 0.29) is 24.0 Å². The summed E-state index contributed by atoms with van der Waals surface area (Å²) in [6, 6.07) is 1.79. The minimum absolute atomic E-state index is 0.166. The van der Waals surface area contributed by atoms with E-state index in [4.69, 9.17) is 4.74 Å². The fourth-order valence-corrected chi connectivity index (χ4v) is 4.49. The Balaban J connectivity index is 1.52. The second-order valence-corrected chi connectivity index (χ2v) is 6.95. The van der Waals surface area contributed by atoms with Crippen LogP contribution in [-0.2, 0) is 20.7 Å². The number of hydrogen-bond acceptors (Lipinski definition) is 5. The molecule has 116 valence electrons. The summed E-state index contributed by atoms with van der Waals surface area (Å²) < 4.78 is 5.66. The van der Waals surface area contributed by atoms with Gasteiger partial charge >= 0.3 is 0 Å². The van der Waals surface area contributed by atoms with E-state index in [0.29, 0.717) is 5.56 Å². The van der Waals surface area contributed by atoms with E-state index in [1.54, 1.807) is 11.4 Å².